The highest BCUT2D eigenvalue weighted by atomic mass is 35.5. The van der Waals surface area contributed by atoms with Crippen LogP contribution in [0.5, 0.6) is 0 Å². The fourth-order valence-electron chi connectivity index (χ4n) is 0.737. The quantitative estimate of drug-likeness (QED) is 0.630. The Balaban J connectivity index is 3.05. The van der Waals surface area contributed by atoms with Crippen LogP contribution in [-0.2, 0) is 0 Å². The lowest BCUT2D eigenvalue weighted by molar-refractivity contribution is 0.388. The number of nitrogens with zero attached hydrogens (tertiary/aromatic N) is 1. The molecule has 56 valence electrons. The van der Waals surface area contributed by atoms with E-state index in [-0.39, 0.29) is 0 Å². The highest BCUT2D eigenvalue weighted by molar-refractivity contribution is 6.31. The van der Waals surface area contributed by atoms with Crippen LogP contribution in [0.2, 0.25) is 5.02 Å². The maximum atomic E-state index is 5.85. The summed E-state index contributed by atoms with van der Waals surface area (Å²) >= 11 is 5.85. The summed E-state index contributed by atoms with van der Waals surface area (Å²) in [7, 11) is 0. The number of rotatable bonds is 1. The van der Waals surface area contributed by atoms with Crippen molar-refractivity contribution in [1.29, 1.82) is 0 Å². The van der Waals surface area contributed by atoms with E-state index in [1.165, 1.54) is 0 Å². The van der Waals surface area contributed by atoms with Crippen molar-refractivity contribution in [3.8, 4) is 0 Å². The zero-order valence-corrected chi connectivity index (χ0v) is 7.07. The summed E-state index contributed by atoms with van der Waals surface area (Å²) in [4.78, 5) is 0. The van der Waals surface area contributed by atoms with Crippen LogP contribution in [-0.4, -0.2) is 5.16 Å². The van der Waals surface area contributed by atoms with E-state index < -0.39 is 0 Å². The van der Waals surface area contributed by atoms with Crippen LogP contribution in [0.4, 0.5) is 0 Å². The molecule has 0 saturated heterocycles. The highest BCUT2D eigenvalue weighted by Gasteiger charge is 2.12. The largest absolute Gasteiger partial charge is 0.360 e. The van der Waals surface area contributed by atoms with E-state index in [9.17, 15) is 0 Å². The molecule has 0 radical (unpaired) electrons. The van der Waals surface area contributed by atoms with Gasteiger partial charge in [-0.05, 0) is 6.92 Å². The Labute approximate surface area is 65.2 Å². The third-order valence-electron chi connectivity index (χ3n) is 1.36. The Hall–Kier alpha value is -0.500. The van der Waals surface area contributed by atoms with Gasteiger partial charge in [-0.2, -0.15) is 0 Å². The predicted octanol–water partition coefficient (Wildman–Crippen LogP) is 2.76. The van der Waals surface area contributed by atoms with E-state index in [0.29, 0.717) is 16.7 Å². The van der Waals surface area contributed by atoms with Crippen LogP contribution in [0, 0.1) is 6.92 Å². The molecule has 1 rings (SSSR count). The van der Waals surface area contributed by atoms with Crippen molar-refractivity contribution in [2.45, 2.75) is 26.7 Å². The van der Waals surface area contributed by atoms with Gasteiger partial charge < -0.3 is 4.52 Å². The van der Waals surface area contributed by atoms with Gasteiger partial charge in [-0.15, -0.1) is 0 Å². The van der Waals surface area contributed by atoms with Crippen molar-refractivity contribution < 1.29 is 4.52 Å². The van der Waals surface area contributed by atoms with Gasteiger partial charge in [0.05, 0.1) is 0 Å². The topological polar surface area (TPSA) is 26.0 Å². The van der Waals surface area contributed by atoms with Crippen molar-refractivity contribution in [3.05, 3.63) is 16.5 Å². The van der Waals surface area contributed by atoms with Crippen LogP contribution < -0.4 is 0 Å². The minimum absolute atomic E-state index is 0.338. The second-order valence-corrected chi connectivity index (χ2v) is 2.97. The molecule has 0 atom stereocenters. The van der Waals surface area contributed by atoms with Crippen LogP contribution in [0.3, 0.4) is 0 Å². The van der Waals surface area contributed by atoms with E-state index in [0.717, 1.165) is 5.69 Å². The molecular weight excluding hydrogens is 150 g/mol. The molecule has 1 aromatic rings. The Bertz CT molecular complexity index is 230. The molecule has 0 aromatic carbocycles. The zero-order chi connectivity index (χ0) is 7.72. The predicted molar refractivity (Wildman–Crippen MR) is 40.3 cm³/mol. The van der Waals surface area contributed by atoms with Crippen molar-refractivity contribution in [2.75, 3.05) is 0 Å². The molecule has 0 N–H and O–H groups in total. The summed E-state index contributed by atoms with van der Waals surface area (Å²) in [5.74, 6) is 1.04. The molecule has 0 unspecified atom stereocenters. The van der Waals surface area contributed by atoms with Crippen LogP contribution in [0.25, 0.3) is 0 Å². The molecule has 0 aliphatic rings. The molecule has 2 nitrogen and oxygen atoms in total. The van der Waals surface area contributed by atoms with E-state index >= 15 is 0 Å². The average molecular weight is 160 g/mol. The summed E-state index contributed by atoms with van der Waals surface area (Å²) in [6.45, 7) is 5.87. The first-order valence-corrected chi connectivity index (χ1v) is 3.62. The molecule has 0 aliphatic carbocycles. The van der Waals surface area contributed by atoms with E-state index in [1.807, 2.05) is 13.8 Å². The smallest absolute Gasteiger partial charge is 0.152 e. The van der Waals surface area contributed by atoms with Gasteiger partial charge in [0.2, 0.25) is 0 Å². The van der Waals surface area contributed by atoms with Crippen LogP contribution in [0.15, 0.2) is 4.52 Å². The number of hydrogen-bond acceptors (Lipinski definition) is 2. The summed E-state index contributed by atoms with van der Waals surface area (Å²) in [5, 5.41) is 4.47. The normalized spacial score (nSPS) is 10.9. The maximum Gasteiger partial charge on any atom is 0.152 e. The lowest BCUT2D eigenvalue weighted by Gasteiger charge is -1.96. The second-order valence-electron chi connectivity index (χ2n) is 2.59. The fraction of sp³-hybridized carbons (Fsp3) is 0.571. The number of halogens is 1. The molecule has 10 heavy (non-hydrogen) atoms. The molecule has 1 heterocycles. The van der Waals surface area contributed by atoms with E-state index in [2.05, 4.69) is 5.16 Å². The second kappa shape index (κ2) is 2.62. The zero-order valence-electron chi connectivity index (χ0n) is 6.31. The summed E-state index contributed by atoms with van der Waals surface area (Å²) in [6.07, 6.45) is 0. The molecule has 0 saturated carbocycles. The Kier molecular flexibility index (Phi) is 2.00. The van der Waals surface area contributed by atoms with Gasteiger partial charge in [-0.25, -0.2) is 0 Å². The molecule has 0 fully saturated rings. The minimum atomic E-state index is 0.338. The fourth-order valence-corrected chi connectivity index (χ4v) is 1.02. The molecule has 0 aliphatic heterocycles. The van der Waals surface area contributed by atoms with Gasteiger partial charge in [0, 0.05) is 5.92 Å². The van der Waals surface area contributed by atoms with Crippen molar-refractivity contribution in [3.63, 3.8) is 0 Å². The Morgan fingerprint density at radius 2 is 2.10 bits per heavy atom. The molecular formula is C7H10ClNO. The number of aryl methyl sites for hydroxylation is 1. The third kappa shape index (κ3) is 1.16. The number of hydrogen-bond donors (Lipinski definition) is 0. The summed E-state index contributed by atoms with van der Waals surface area (Å²) in [5.41, 5.74) is 0.846. The molecule has 1 aromatic heterocycles. The van der Waals surface area contributed by atoms with Crippen molar-refractivity contribution in [2.24, 2.45) is 0 Å². The molecule has 0 spiro atoms. The number of aromatic nitrogens is 1. The van der Waals surface area contributed by atoms with Crippen LogP contribution >= 0.6 is 11.6 Å². The van der Waals surface area contributed by atoms with Gasteiger partial charge in [0.25, 0.3) is 0 Å². The third-order valence-corrected chi connectivity index (χ3v) is 1.82. The van der Waals surface area contributed by atoms with Gasteiger partial charge in [0.15, 0.2) is 5.76 Å². The highest BCUT2D eigenvalue weighted by Crippen LogP contribution is 2.25. The molecule has 0 amide bonds. The van der Waals surface area contributed by atoms with Crippen molar-refractivity contribution >= 4 is 11.6 Å². The van der Waals surface area contributed by atoms with Crippen molar-refractivity contribution in [1.82, 2.24) is 5.16 Å². The molecule has 0 bridgehead atoms. The first kappa shape index (κ1) is 7.61. The van der Waals surface area contributed by atoms with Gasteiger partial charge >= 0.3 is 0 Å². The first-order valence-electron chi connectivity index (χ1n) is 3.24. The standard InChI is InChI=1S/C7H10ClNO/c1-4(2)7-6(8)5(3)10-9-7/h4H,1-3H3. The minimum Gasteiger partial charge on any atom is -0.360 e. The summed E-state index contributed by atoms with van der Waals surface area (Å²) < 4.78 is 4.87. The Morgan fingerprint density at radius 1 is 1.50 bits per heavy atom. The molecule has 3 heteroatoms. The lowest BCUT2D eigenvalue weighted by atomic mass is 10.1. The van der Waals surface area contributed by atoms with Gasteiger partial charge in [-0.3, -0.25) is 0 Å². The van der Waals surface area contributed by atoms with Gasteiger partial charge in [-0.1, -0.05) is 30.6 Å². The monoisotopic (exact) mass is 159 g/mol. The maximum absolute atomic E-state index is 5.85. The van der Waals surface area contributed by atoms with Gasteiger partial charge in [0.1, 0.15) is 10.7 Å². The Morgan fingerprint density at radius 3 is 2.30 bits per heavy atom. The lowest BCUT2D eigenvalue weighted by Crippen LogP contribution is -1.86. The van der Waals surface area contributed by atoms with E-state index in [1.54, 1.807) is 6.92 Å². The summed E-state index contributed by atoms with van der Waals surface area (Å²) in [6, 6.07) is 0. The SMILES string of the molecule is Cc1onc(C(C)C)c1Cl. The van der Waals surface area contributed by atoms with E-state index in [4.69, 9.17) is 16.1 Å². The first-order chi connectivity index (χ1) is 4.63. The average Bonchev–Trinajstić information content (AvgIpc) is 2.14. The van der Waals surface area contributed by atoms with Crippen LogP contribution in [0.1, 0.15) is 31.2 Å².